The maximum atomic E-state index is 14.5. The normalized spacial score (nSPS) is 21.7. The summed E-state index contributed by atoms with van der Waals surface area (Å²) in [4.78, 5) is 44.5. The number of urea groups is 1. The maximum Gasteiger partial charge on any atom is 0.323 e. The molecule has 4 atom stereocenters. The summed E-state index contributed by atoms with van der Waals surface area (Å²) in [5, 5.41) is 18.1. The van der Waals surface area contributed by atoms with E-state index in [1.165, 1.54) is 6.42 Å². The molecular weight excluding hydrogens is 632 g/mol. The van der Waals surface area contributed by atoms with Crippen molar-refractivity contribution in [1.82, 2.24) is 9.80 Å². The second-order valence-corrected chi connectivity index (χ2v) is 14.2. The molecule has 3 aromatic rings. The number of carbonyl (C=O) groups is 3. The molecule has 5 rings (SSSR count). The van der Waals surface area contributed by atoms with Crippen LogP contribution in [0.25, 0.3) is 10.8 Å². The average Bonchev–Trinajstić information content (AvgIpc) is 3.12. The summed E-state index contributed by atoms with van der Waals surface area (Å²) in [6.07, 6.45) is 7.25. The Kier molecular flexibility index (Phi) is 13.1. The van der Waals surface area contributed by atoms with Crippen LogP contribution >= 0.6 is 0 Å². The Morgan fingerprint density at radius 3 is 2.48 bits per heavy atom. The van der Waals surface area contributed by atoms with Crippen LogP contribution in [0.1, 0.15) is 82.5 Å². The largest absolute Gasteiger partial charge is 0.490 e. The van der Waals surface area contributed by atoms with Crippen molar-refractivity contribution in [2.75, 3.05) is 44.0 Å². The van der Waals surface area contributed by atoms with Gasteiger partial charge in [-0.2, -0.15) is 0 Å². The van der Waals surface area contributed by atoms with Crippen molar-refractivity contribution in [3.63, 3.8) is 0 Å². The zero-order chi connectivity index (χ0) is 35.6. The number of nitrogens with one attached hydrogen (secondary N) is 2. The summed E-state index contributed by atoms with van der Waals surface area (Å²) in [6, 6.07) is 17.7. The molecule has 1 aliphatic heterocycles. The van der Waals surface area contributed by atoms with Crippen LogP contribution in [0.4, 0.5) is 16.2 Å². The number of rotatable bonds is 7. The number of benzene rings is 3. The molecule has 0 aromatic heterocycles. The van der Waals surface area contributed by atoms with Gasteiger partial charge in [-0.1, -0.05) is 62.6 Å². The first-order valence-corrected chi connectivity index (χ1v) is 18.3. The minimum atomic E-state index is -0.503. The fraction of sp³-hybridized carbons (Fsp3) is 0.525. The van der Waals surface area contributed by atoms with Crippen molar-refractivity contribution in [1.29, 1.82) is 0 Å². The Hall–Kier alpha value is -4.15. The van der Waals surface area contributed by atoms with Gasteiger partial charge in [-0.05, 0) is 75.6 Å². The Bertz CT molecular complexity index is 1600. The van der Waals surface area contributed by atoms with Gasteiger partial charge in [0.15, 0.2) is 0 Å². The first-order chi connectivity index (χ1) is 24.1. The van der Waals surface area contributed by atoms with Gasteiger partial charge < -0.3 is 35.0 Å². The van der Waals surface area contributed by atoms with Gasteiger partial charge in [-0.15, -0.1) is 0 Å². The molecule has 270 valence electrons. The highest BCUT2D eigenvalue weighted by molar-refractivity contribution is 6.07. The van der Waals surface area contributed by atoms with E-state index in [2.05, 4.69) is 10.6 Å². The van der Waals surface area contributed by atoms with Crippen molar-refractivity contribution in [3.8, 4) is 5.75 Å². The highest BCUT2D eigenvalue weighted by atomic mass is 16.5. The zero-order valence-electron chi connectivity index (χ0n) is 30.0. The number of carbonyl (C=O) groups excluding carboxylic acids is 3. The number of likely N-dealkylation sites (N-methyl/N-ethyl adjacent to an activating group) is 1. The van der Waals surface area contributed by atoms with E-state index in [0.717, 1.165) is 55.7 Å². The van der Waals surface area contributed by atoms with E-state index >= 15 is 0 Å². The molecule has 0 saturated heterocycles. The van der Waals surface area contributed by atoms with Gasteiger partial charge in [0.05, 0.1) is 36.1 Å². The van der Waals surface area contributed by atoms with E-state index in [0.29, 0.717) is 42.4 Å². The second-order valence-electron chi connectivity index (χ2n) is 14.2. The molecule has 0 radical (unpaired) electrons. The lowest BCUT2D eigenvalue weighted by atomic mass is 9.88. The summed E-state index contributed by atoms with van der Waals surface area (Å²) >= 11 is 0. The molecule has 0 spiro atoms. The molecule has 50 heavy (non-hydrogen) atoms. The lowest BCUT2D eigenvalue weighted by Crippen LogP contribution is -2.48. The number of hydrogen-bond acceptors (Lipinski definition) is 6. The molecule has 0 unspecified atom stereocenters. The van der Waals surface area contributed by atoms with Gasteiger partial charge in [0.2, 0.25) is 5.91 Å². The maximum absolute atomic E-state index is 14.5. The first-order valence-electron chi connectivity index (χ1n) is 18.3. The smallest absolute Gasteiger partial charge is 0.323 e. The van der Waals surface area contributed by atoms with Crippen molar-refractivity contribution in [3.05, 3.63) is 66.2 Å². The highest BCUT2D eigenvalue weighted by Crippen LogP contribution is 2.30. The van der Waals surface area contributed by atoms with Crippen molar-refractivity contribution < 1.29 is 29.0 Å². The predicted octanol–water partition coefficient (Wildman–Crippen LogP) is 7.32. The topological polar surface area (TPSA) is 120 Å². The van der Waals surface area contributed by atoms with Gasteiger partial charge in [-0.3, -0.25) is 9.59 Å². The van der Waals surface area contributed by atoms with Crippen LogP contribution in [0.2, 0.25) is 0 Å². The Balaban J connectivity index is 1.38. The number of hydrogen-bond donors (Lipinski definition) is 3. The summed E-state index contributed by atoms with van der Waals surface area (Å²) in [5.41, 5.74) is 1.40. The lowest BCUT2D eigenvalue weighted by molar-refractivity contribution is -0.137. The zero-order valence-corrected chi connectivity index (χ0v) is 30.0. The minimum Gasteiger partial charge on any atom is -0.490 e. The van der Waals surface area contributed by atoms with Gasteiger partial charge in [0, 0.05) is 49.7 Å². The molecule has 1 saturated carbocycles. The summed E-state index contributed by atoms with van der Waals surface area (Å²) in [6.45, 7) is 6.87. The third kappa shape index (κ3) is 9.54. The van der Waals surface area contributed by atoms with Crippen LogP contribution in [0, 0.1) is 11.8 Å². The Labute approximate surface area is 296 Å². The molecule has 1 fully saturated rings. The van der Waals surface area contributed by atoms with Crippen molar-refractivity contribution >= 4 is 40.0 Å². The third-order valence-corrected chi connectivity index (χ3v) is 10.1. The highest BCUT2D eigenvalue weighted by Gasteiger charge is 2.32. The fourth-order valence-corrected chi connectivity index (χ4v) is 7.10. The Morgan fingerprint density at radius 2 is 1.70 bits per heavy atom. The lowest BCUT2D eigenvalue weighted by Gasteiger charge is -2.36. The number of aliphatic hydroxyl groups is 1. The molecule has 1 heterocycles. The molecule has 2 aliphatic rings. The van der Waals surface area contributed by atoms with Gasteiger partial charge in [-0.25, -0.2) is 4.79 Å². The molecule has 0 bridgehead atoms. The molecule has 3 aromatic carbocycles. The molecule has 4 amide bonds. The third-order valence-electron chi connectivity index (χ3n) is 10.1. The monoisotopic (exact) mass is 686 g/mol. The quantitative estimate of drug-likeness (QED) is 0.240. The number of ether oxygens (including phenoxy) is 2. The second kappa shape index (κ2) is 17.7. The van der Waals surface area contributed by atoms with E-state index in [1.807, 2.05) is 75.2 Å². The van der Waals surface area contributed by atoms with Gasteiger partial charge >= 0.3 is 6.03 Å². The number of aliphatic hydroxyl groups excluding tert-OH is 1. The van der Waals surface area contributed by atoms with E-state index in [1.54, 1.807) is 23.1 Å². The SMILES string of the molecule is C[C@@H]1CCCCO[C@@H](CN(C)C(=O)C2CCCCC2)[C@@H](C)CN([C@@H](C)CO)C(=O)c2cc(NC(=O)Nc3cccc4ccccc34)ccc2O1. The van der Waals surface area contributed by atoms with Crippen LogP contribution in [-0.4, -0.2) is 84.4 Å². The summed E-state index contributed by atoms with van der Waals surface area (Å²) < 4.78 is 12.8. The first kappa shape index (κ1) is 37.1. The van der Waals surface area contributed by atoms with Crippen LogP contribution in [-0.2, 0) is 9.53 Å². The molecule has 3 N–H and O–H groups in total. The Morgan fingerprint density at radius 1 is 0.960 bits per heavy atom. The van der Waals surface area contributed by atoms with Crippen LogP contribution in [0.5, 0.6) is 5.75 Å². The molecule has 10 heteroatoms. The summed E-state index contributed by atoms with van der Waals surface area (Å²) in [7, 11) is 1.86. The van der Waals surface area contributed by atoms with E-state index in [4.69, 9.17) is 9.47 Å². The van der Waals surface area contributed by atoms with E-state index in [9.17, 15) is 19.5 Å². The summed E-state index contributed by atoms with van der Waals surface area (Å²) in [5.74, 6) is 0.189. The molecular formula is C40H54N4O6. The van der Waals surface area contributed by atoms with Crippen LogP contribution in [0.15, 0.2) is 60.7 Å². The number of amides is 4. The van der Waals surface area contributed by atoms with Crippen LogP contribution in [0.3, 0.4) is 0 Å². The number of nitrogens with zero attached hydrogens (tertiary/aromatic N) is 2. The fourth-order valence-electron chi connectivity index (χ4n) is 7.10. The number of anilines is 2. The standard InChI is InChI=1S/C40H54N4O6/c1-27-24-44(28(2)26-45)39(47)34-23-32(41-40(48)42-35-19-12-17-30-14-8-9-18-33(30)35)20-21-36(34)50-29(3)13-10-11-22-49-37(27)25-43(4)38(46)31-15-6-5-7-16-31/h8-9,12,14,17-21,23,27-29,31,37,45H,5-7,10-11,13,15-16,22,24-26H2,1-4H3,(H2,41,42,48)/t27-,28-,29+,37-/m0/s1. The molecule has 1 aliphatic carbocycles. The van der Waals surface area contributed by atoms with E-state index in [-0.39, 0.29) is 42.5 Å². The van der Waals surface area contributed by atoms with Crippen molar-refractivity contribution in [2.24, 2.45) is 11.8 Å². The van der Waals surface area contributed by atoms with Crippen LogP contribution < -0.4 is 15.4 Å². The molecule has 10 nitrogen and oxygen atoms in total. The minimum absolute atomic E-state index is 0.0602. The number of fused-ring (bicyclic) bond motifs is 2. The average molecular weight is 687 g/mol. The van der Waals surface area contributed by atoms with Gasteiger partial charge in [0.1, 0.15) is 5.75 Å². The van der Waals surface area contributed by atoms with E-state index < -0.39 is 12.1 Å². The van der Waals surface area contributed by atoms with Crippen molar-refractivity contribution in [2.45, 2.75) is 90.4 Å². The predicted molar refractivity (Wildman–Crippen MR) is 198 cm³/mol. The van der Waals surface area contributed by atoms with Gasteiger partial charge in [0.25, 0.3) is 5.91 Å².